The minimum Gasteiger partial charge on any atom is -0.493 e. The summed E-state index contributed by atoms with van der Waals surface area (Å²) < 4.78 is 10.5. The molecule has 6 nitrogen and oxygen atoms in total. The molecule has 1 aliphatic rings. The third-order valence-corrected chi connectivity index (χ3v) is 4.67. The Morgan fingerprint density at radius 3 is 2.38 bits per heavy atom. The van der Waals surface area contributed by atoms with Crippen LogP contribution in [0.3, 0.4) is 0 Å². The number of carbonyl (C=O) groups excluding carboxylic acids is 1. The maximum absolute atomic E-state index is 12.4. The van der Waals surface area contributed by atoms with E-state index in [0.717, 1.165) is 31.9 Å². The Kier molecular flexibility index (Phi) is 5.96. The fraction of sp³-hybridized carbons (Fsp3) is 0.350. The number of rotatable bonds is 6. The largest absolute Gasteiger partial charge is 0.493 e. The zero-order valence-corrected chi connectivity index (χ0v) is 15.3. The van der Waals surface area contributed by atoms with Crippen LogP contribution >= 0.6 is 0 Å². The molecule has 1 heterocycles. The molecule has 0 bridgehead atoms. The van der Waals surface area contributed by atoms with Crippen LogP contribution in [0.5, 0.6) is 11.5 Å². The summed E-state index contributed by atoms with van der Waals surface area (Å²) >= 11 is 0. The van der Waals surface area contributed by atoms with Crippen LogP contribution in [0.1, 0.15) is 0 Å². The van der Waals surface area contributed by atoms with Gasteiger partial charge in [0.25, 0.3) is 5.91 Å². The Morgan fingerprint density at radius 2 is 1.73 bits per heavy atom. The molecule has 138 valence electrons. The summed E-state index contributed by atoms with van der Waals surface area (Å²) in [7, 11) is 3.17. The second kappa shape index (κ2) is 8.58. The Balaban J connectivity index is 1.50. The molecule has 2 aromatic carbocycles. The highest BCUT2D eigenvalue weighted by atomic mass is 16.5. The highest BCUT2D eigenvalue weighted by Crippen LogP contribution is 2.29. The molecule has 3 rings (SSSR count). The number of quaternary nitrogens is 1. The summed E-state index contributed by atoms with van der Waals surface area (Å²) in [5.41, 5.74) is 1.97. The predicted molar refractivity (Wildman–Crippen MR) is 102 cm³/mol. The van der Waals surface area contributed by atoms with Crippen molar-refractivity contribution >= 4 is 17.3 Å². The number of hydrogen-bond acceptors (Lipinski definition) is 4. The van der Waals surface area contributed by atoms with Crippen molar-refractivity contribution in [2.24, 2.45) is 0 Å². The van der Waals surface area contributed by atoms with E-state index in [1.165, 1.54) is 10.6 Å². The zero-order chi connectivity index (χ0) is 18.4. The molecule has 0 saturated carbocycles. The van der Waals surface area contributed by atoms with Crippen LogP contribution in [0.15, 0.2) is 48.5 Å². The topological polar surface area (TPSA) is 55.2 Å². The number of benzene rings is 2. The lowest BCUT2D eigenvalue weighted by atomic mass is 10.2. The van der Waals surface area contributed by atoms with Crippen molar-refractivity contribution in [1.82, 2.24) is 0 Å². The standard InChI is InChI=1S/C20H25N3O3/c1-25-18-9-8-16(14-19(18)26-2)21-20(24)15-22-10-12-23(13-11-22)17-6-4-3-5-7-17/h3-9,14H,10-13,15H2,1-2H3,(H,21,24)/p+1. The first-order valence-corrected chi connectivity index (χ1v) is 8.85. The van der Waals surface area contributed by atoms with E-state index < -0.39 is 0 Å². The minimum atomic E-state index is 0.0142. The Labute approximate surface area is 154 Å². The third kappa shape index (κ3) is 4.46. The van der Waals surface area contributed by atoms with E-state index in [1.54, 1.807) is 26.4 Å². The fourth-order valence-electron chi connectivity index (χ4n) is 3.24. The quantitative estimate of drug-likeness (QED) is 0.812. The normalized spacial score (nSPS) is 14.8. The average molecular weight is 356 g/mol. The van der Waals surface area contributed by atoms with E-state index in [4.69, 9.17) is 9.47 Å². The van der Waals surface area contributed by atoms with E-state index in [0.29, 0.717) is 18.0 Å². The molecule has 1 aliphatic heterocycles. The van der Waals surface area contributed by atoms with E-state index in [1.807, 2.05) is 12.1 Å². The van der Waals surface area contributed by atoms with Crippen LogP contribution < -0.4 is 24.6 Å². The van der Waals surface area contributed by atoms with Crippen LogP contribution in [0.4, 0.5) is 11.4 Å². The maximum atomic E-state index is 12.4. The molecule has 2 N–H and O–H groups in total. The highest BCUT2D eigenvalue weighted by Gasteiger charge is 2.22. The molecule has 0 radical (unpaired) electrons. The Hall–Kier alpha value is -2.73. The first kappa shape index (κ1) is 18.1. The van der Waals surface area contributed by atoms with Gasteiger partial charge in [-0.3, -0.25) is 4.79 Å². The first-order chi connectivity index (χ1) is 12.7. The number of hydrogen-bond donors (Lipinski definition) is 2. The molecule has 1 amide bonds. The lowest BCUT2D eigenvalue weighted by molar-refractivity contribution is -0.892. The van der Waals surface area contributed by atoms with Crippen molar-refractivity contribution in [1.29, 1.82) is 0 Å². The van der Waals surface area contributed by atoms with Gasteiger partial charge in [0, 0.05) is 17.4 Å². The molecule has 1 fully saturated rings. The van der Waals surface area contributed by atoms with Gasteiger partial charge in [-0.15, -0.1) is 0 Å². The van der Waals surface area contributed by atoms with Crippen LogP contribution in [-0.4, -0.2) is 52.9 Å². The monoisotopic (exact) mass is 356 g/mol. The first-order valence-electron chi connectivity index (χ1n) is 8.85. The summed E-state index contributed by atoms with van der Waals surface area (Å²) in [4.78, 5) is 16.0. The van der Waals surface area contributed by atoms with Gasteiger partial charge in [-0.2, -0.15) is 0 Å². The highest BCUT2D eigenvalue weighted by molar-refractivity contribution is 5.91. The van der Waals surface area contributed by atoms with E-state index in [-0.39, 0.29) is 5.91 Å². The molecule has 0 atom stereocenters. The SMILES string of the molecule is COc1ccc(NC(=O)C[NH+]2CCN(c3ccccc3)CC2)cc1OC. The van der Waals surface area contributed by atoms with Crippen molar-refractivity contribution in [3.05, 3.63) is 48.5 Å². The zero-order valence-electron chi connectivity index (χ0n) is 15.3. The maximum Gasteiger partial charge on any atom is 0.279 e. The van der Waals surface area contributed by atoms with Crippen LogP contribution in [-0.2, 0) is 4.79 Å². The summed E-state index contributed by atoms with van der Waals surface area (Å²) in [5.74, 6) is 1.27. The van der Waals surface area contributed by atoms with Gasteiger partial charge in [0.15, 0.2) is 18.0 Å². The van der Waals surface area contributed by atoms with Gasteiger partial charge in [0.1, 0.15) is 0 Å². The minimum absolute atomic E-state index is 0.0142. The van der Waals surface area contributed by atoms with Crippen LogP contribution in [0.25, 0.3) is 0 Å². The molecule has 6 heteroatoms. The van der Waals surface area contributed by atoms with E-state index >= 15 is 0 Å². The number of methoxy groups -OCH3 is 2. The van der Waals surface area contributed by atoms with Gasteiger partial charge in [-0.25, -0.2) is 0 Å². The van der Waals surface area contributed by atoms with Gasteiger partial charge in [0.05, 0.1) is 40.4 Å². The van der Waals surface area contributed by atoms with Crippen LogP contribution in [0, 0.1) is 0 Å². The molecule has 2 aromatic rings. The van der Waals surface area contributed by atoms with E-state index in [2.05, 4.69) is 34.5 Å². The number of nitrogens with one attached hydrogen (secondary N) is 2. The summed E-state index contributed by atoms with van der Waals surface area (Å²) in [6.07, 6.45) is 0. The molecule has 0 spiro atoms. The third-order valence-electron chi connectivity index (χ3n) is 4.67. The van der Waals surface area contributed by atoms with Crippen molar-refractivity contribution in [3.63, 3.8) is 0 Å². The van der Waals surface area contributed by atoms with Crippen molar-refractivity contribution in [3.8, 4) is 11.5 Å². The molecule has 1 saturated heterocycles. The second-order valence-electron chi connectivity index (χ2n) is 6.37. The Bertz CT molecular complexity index is 728. The van der Waals surface area contributed by atoms with Gasteiger partial charge in [-0.05, 0) is 24.3 Å². The smallest absolute Gasteiger partial charge is 0.279 e. The average Bonchev–Trinajstić information content (AvgIpc) is 2.69. The van der Waals surface area contributed by atoms with Crippen LogP contribution in [0.2, 0.25) is 0 Å². The van der Waals surface area contributed by atoms with Gasteiger partial charge in [-0.1, -0.05) is 18.2 Å². The number of ether oxygens (including phenoxy) is 2. The summed E-state index contributed by atoms with van der Waals surface area (Å²) in [6.45, 7) is 4.30. The molecular formula is C20H26N3O3+. The number of nitrogens with zero attached hydrogens (tertiary/aromatic N) is 1. The lowest BCUT2D eigenvalue weighted by Crippen LogP contribution is -3.15. The summed E-state index contributed by atoms with van der Waals surface area (Å²) in [5, 5.41) is 2.95. The van der Waals surface area contributed by atoms with Crippen molar-refractivity contribution < 1.29 is 19.2 Å². The number of para-hydroxylation sites is 1. The van der Waals surface area contributed by atoms with Crippen molar-refractivity contribution in [2.45, 2.75) is 0 Å². The van der Waals surface area contributed by atoms with Gasteiger partial charge >= 0.3 is 0 Å². The lowest BCUT2D eigenvalue weighted by Gasteiger charge is -2.33. The van der Waals surface area contributed by atoms with E-state index in [9.17, 15) is 4.79 Å². The summed E-state index contributed by atoms with van der Waals surface area (Å²) in [6, 6.07) is 15.8. The molecular weight excluding hydrogens is 330 g/mol. The predicted octanol–water partition coefficient (Wildman–Crippen LogP) is 1.05. The van der Waals surface area contributed by atoms with Gasteiger partial charge < -0.3 is 24.6 Å². The number of anilines is 2. The number of amides is 1. The molecule has 0 aromatic heterocycles. The second-order valence-corrected chi connectivity index (χ2v) is 6.37. The molecule has 0 aliphatic carbocycles. The number of carbonyl (C=O) groups is 1. The van der Waals surface area contributed by atoms with Crippen molar-refractivity contribution in [2.75, 3.05) is 57.2 Å². The molecule has 26 heavy (non-hydrogen) atoms. The fourth-order valence-corrected chi connectivity index (χ4v) is 3.24. The van der Waals surface area contributed by atoms with Gasteiger partial charge in [0.2, 0.25) is 0 Å². The Morgan fingerprint density at radius 1 is 1.04 bits per heavy atom. The molecule has 0 unspecified atom stereocenters. The number of piperazine rings is 1.